The standard InChI is InChI=1S/C18H26O5/c1-17(2,3)23-16(19)15(18(20)11-7-8-12-22-18)21-13-14-9-5-4-6-10-14/h4-6,9-10,15,20H,7-8,11-13H2,1-3H3. The van der Waals surface area contributed by atoms with E-state index >= 15 is 0 Å². The molecule has 0 aliphatic carbocycles. The van der Waals surface area contributed by atoms with Gasteiger partial charge >= 0.3 is 5.97 Å². The van der Waals surface area contributed by atoms with Gasteiger partial charge in [0.1, 0.15) is 5.60 Å². The average molecular weight is 322 g/mol. The van der Waals surface area contributed by atoms with Gasteiger partial charge in [0.05, 0.1) is 13.2 Å². The molecule has 0 radical (unpaired) electrons. The lowest BCUT2D eigenvalue weighted by atomic mass is 9.99. The Labute approximate surface area is 137 Å². The highest BCUT2D eigenvalue weighted by Crippen LogP contribution is 2.30. The van der Waals surface area contributed by atoms with Gasteiger partial charge in [0.15, 0.2) is 0 Å². The summed E-state index contributed by atoms with van der Waals surface area (Å²) in [6.07, 6.45) is 0.834. The Balaban J connectivity index is 2.11. The van der Waals surface area contributed by atoms with Gasteiger partial charge in [0.2, 0.25) is 11.9 Å². The van der Waals surface area contributed by atoms with Gasteiger partial charge in [-0.1, -0.05) is 30.3 Å². The van der Waals surface area contributed by atoms with Gasteiger partial charge in [-0.25, -0.2) is 4.79 Å². The van der Waals surface area contributed by atoms with Gasteiger partial charge in [-0.2, -0.15) is 0 Å². The summed E-state index contributed by atoms with van der Waals surface area (Å²) in [6.45, 7) is 5.96. The van der Waals surface area contributed by atoms with Crippen LogP contribution in [0.5, 0.6) is 0 Å². The van der Waals surface area contributed by atoms with Crippen molar-refractivity contribution in [2.75, 3.05) is 6.61 Å². The maximum Gasteiger partial charge on any atom is 0.341 e. The summed E-state index contributed by atoms with van der Waals surface area (Å²) in [5, 5.41) is 10.7. The Morgan fingerprint density at radius 3 is 2.57 bits per heavy atom. The average Bonchev–Trinajstić information content (AvgIpc) is 2.47. The second-order valence-corrected chi connectivity index (χ2v) is 6.86. The lowest BCUT2D eigenvalue weighted by Gasteiger charge is -2.38. The van der Waals surface area contributed by atoms with E-state index in [1.54, 1.807) is 20.8 Å². The molecule has 0 bridgehead atoms. The summed E-state index contributed by atoms with van der Waals surface area (Å²) in [7, 11) is 0. The van der Waals surface area contributed by atoms with Crippen LogP contribution in [0.25, 0.3) is 0 Å². The maximum absolute atomic E-state index is 12.5. The van der Waals surface area contributed by atoms with Crippen molar-refractivity contribution in [3.05, 3.63) is 35.9 Å². The highest BCUT2D eigenvalue weighted by Gasteiger charge is 2.46. The Bertz CT molecular complexity index is 500. The van der Waals surface area contributed by atoms with Crippen molar-refractivity contribution < 1.29 is 24.1 Å². The minimum atomic E-state index is -1.63. The Kier molecular flexibility index (Phi) is 5.79. The van der Waals surface area contributed by atoms with Crippen molar-refractivity contribution in [1.29, 1.82) is 0 Å². The van der Waals surface area contributed by atoms with Crippen LogP contribution in [0.3, 0.4) is 0 Å². The van der Waals surface area contributed by atoms with Crippen molar-refractivity contribution in [1.82, 2.24) is 0 Å². The van der Waals surface area contributed by atoms with Crippen molar-refractivity contribution in [2.45, 2.75) is 64.1 Å². The first-order valence-corrected chi connectivity index (χ1v) is 8.05. The quantitative estimate of drug-likeness (QED) is 0.845. The Morgan fingerprint density at radius 1 is 1.30 bits per heavy atom. The van der Waals surface area contributed by atoms with Crippen LogP contribution in [0, 0.1) is 0 Å². The van der Waals surface area contributed by atoms with Crippen LogP contribution in [-0.2, 0) is 25.6 Å². The molecular weight excluding hydrogens is 296 g/mol. The molecule has 128 valence electrons. The molecule has 1 saturated heterocycles. The molecule has 0 amide bonds. The van der Waals surface area contributed by atoms with Crippen LogP contribution in [0.15, 0.2) is 30.3 Å². The summed E-state index contributed by atoms with van der Waals surface area (Å²) < 4.78 is 16.6. The topological polar surface area (TPSA) is 65.0 Å². The highest BCUT2D eigenvalue weighted by molar-refractivity contribution is 5.76. The van der Waals surface area contributed by atoms with E-state index in [0.29, 0.717) is 13.0 Å². The third-order valence-electron chi connectivity index (χ3n) is 3.57. The first-order valence-electron chi connectivity index (χ1n) is 8.05. The molecule has 0 saturated carbocycles. The molecule has 1 aliphatic heterocycles. The lowest BCUT2D eigenvalue weighted by molar-refractivity contribution is -0.285. The number of carbonyl (C=O) groups excluding carboxylic acids is 1. The smallest absolute Gasteiger partial charge is 0.341 e. The van der Waals surface area contributed by atoms with E-state index in [9.17, 15) is 9.90 Å². The van der Waals surface area contributed by atoms with E-state index < -0.39 is 23.5 Å². The van der Waals surface area contributed by atoms with Gasteiger partial charge < -0.3 is 19.3 Å². The SMILES string of the molecule is CC(C)(C)OC(=O)C(OCc1ccccc1)C1(O)CCCCO1. The van der Waals surface area contributed by atoms with E-state index in [4.69, 9.17) is 14.2 Å². The fraction of sp³-hybridized carbons (Fsp3) is 0.611. The molecule has 2 rings (SSSR count). The molecule has 2 atom stereocenters. The summed E-state index contributed by atoms with van der Waals surface area (Å²) in [5.74, 6) is -2.23. The normalized spacial score (nSPS) is 23.3. The Morgan fingerprint density at radius 2 is 2.00 bits per heavy atom. The number of hydrogen-bond acceptors (Lipinski definition) is 5. The number of benzene rings is 1. The van der Waals surface area contributed by atoms with Crippen LogP contribution >= 0.6 is 0 Å². The van der Waals surface area contributed by atoms with Crippen molar-refractivity contribution in [2.24, 2.45) is 0 Å². The summed E-state index contributed by atoms with van der Waals surface area (Å²) in [4.78, 5) is 12.5. The van der Waals surface area contributed by atoms with Crippen LogP contribution in [0.1, 0.15) is 45.6 Å². The molecule has 0 aromatic heterocycles. The first kappa shape index (κ1) is 17.9. The zero-order valence-corrected chi connectivity index (χ0v) is 14.1. The van der Waals surface area contributed by atoms with Crippen molar-refractivity contribution in [3.63, 3.8) is 0 Å². The minimum absolute atomic E-state index is 0.205. The zero-order chi connectivity index (χ0) is 16.9. The molecule has 1 heterocycles. The predicted octanol–water partition coefficient (Wildman–Crippen LogP) is 2.80. The molecule has 1 aromatic rings. The van der Waals surface area contributed by atoms with Gasteiger partial charge in [0.25, 0.3) is 0 Å². The third-order valence-corrected chi connectivity index (χ3v) is 3.57. The summed E-state index contributed by atoms with van der Waals surface area (Å²) in [6, 6.07) is 9.50. The Hall–Kier alpha value is -1.43. The summed E-state index contributed by atoms with van der Waals surface area (Å²) >= 11 is 0. The van der Waals surface area contributed by atoms with Gasteiger partial charge in [-0.05, 0) is 39.2 Å². The lowest BCUT2D eigenvalue weighted by Crippen LogP contribution is -2.54. The molecule has 23 heavy (non-hydrogen) atoms. The van der Waals surface area contributed by atoms with Crippen molar-refractivity contribution in [3.8, 4) is 0 Å². The molecule has 1 aromatic carbocycles. The number of rotatable bonds is 5. The van der Waals surface area contributed by atoms with Crippen LogP contribution in [-0.4, -0.2) is 35.2 Å². The predicted molar refractivity (Wildman–Crippen MR) is 85.6 cm³/mol. The number of esters is 1. The molecule has 0 spiro atoms. The molecule has 2 unspecified atom stereocenters. The van der Waals surface area contributed by atoms with E-state index in [2.05, 4.69) is 0 Å². The molecule has 5 nitrogen and oxygen atoms in total. The summed E-state index contributed by atoms with van der Waals surface area (Å²) in [5.41, 5.74) is 0.261. The van der Waals surface area contributed by atoms with Crippen LogP contribution in [0.4, 0.5) is 0 Å². The molecule has 1 N–H and O–H groups in total. The zero-order valence-electron chi connectivity index (χ0n) is 14.1. The monoisotopic (exact) mass is 322 g/mol. The van der Waals surface area contributed by atoms with Crippen molar-refractivity contribution >= 4 is 5.97 Å². The van der Waals surface area contributed by atoms with Gasteiger partial charge in [0, 0.05) is 6.42 Å². The van der Waals surface area contributed by atoms with Crippen LogP contribution < -0.4 is 0 Å². The fourth-order valence-corrected chi connectivity index (χ4v) is 2.50. The van der Waals surface area contributed by atoms with Gasteiger partial charge in [-0.3, -0.25) is 0 Å². The number of aliphatic hydroxyl groups is 1. The highest BCUT2D eigenvalue weighted by atomic mass is 16.7. The molecular formula is C18H26O5. The second-order valence-electron chi connectivity index (χ2n) is 6.86. The molecule has 5 heteroatoms. The third kappa shape index (κ3) is 5.30. The number of ether oxygens (including phenoxy) is 3. The fourth-order valence-electron chi connectivity index (χ4n) is 2.50. The number of carbonyl (C=O) groups is 1. The maximum atomic E-state index is 12.5. The van der Waals surface area contributed by atoms with Gasteiger partial charge in [-0.15, -0.1) is 0 Å². The minimum Gasteiger partial charge on any atom is -0.458 e. The van der Waals surface area contributed by atoms with Crippen LogP contribution in [0.2, 0.25) is 0 Å². The molecule has 1 aliphatic rings. The van der Waals surface area contributed by atoms with E-state index in [-0.39, 0.29) is 6.61 Å². The second kappa shape index (κ2) is 7.43. The molecule has 1 fully saturated rings. The number of hydrogen-bond donors (Lipinski definition) is 1. The largest absolute Gasteiger partial charge is 0.458 e. The van der Waals surface area contributed by atoms with E-state index in [1.165, 1.54) is 0 Å². The van der Waals surface area contributed by atoms with E-state index in [0.717, 1.165) is 18.4 Å². The first-order chi connectivity index (χ1) is 10.8. The van der Waals surface area contributed by atoms with E-state index in [1.807, 2.05) is 30.3 Å².